The van der Waals surface area contributed by atoms with E-state index in [1.807, 2.05) is 42.5 Å². The third-order valence-electron chi connectivity index (χ3n) is 4.75. The van der Waals surface area contributed by atoms with Gasteiger partial charge in [0.2, 0.25) is 11.8 Å². The number of rotatable bonds is 1. The van der Waals surface area contributed by atoms with Crippen molar-refractivity contribution < 1.29 is 9.53 Å². The average Bonchev–Trinajstić information content (AvgIpc) is 2.68. The molecule has 0 radical (unpaired) electrons. The molecule has 138 valence electrons. The predicted molar refractivity (Wildman–Crippen MR) is 110 cm³/mol. The van der Waals surface area contributed by atoms with E-state index in [-0.39, 0.29) is 5.90 Å². The van der Waals surface area contributed by atoms with Crippen LogP contribution in [0.5, 0.6) is 5.75 Å². The van der Waals surface area contributed by atoms with Gasteiger partial charge in [-0.3, -0.25) is 4.79 Å². The SMILES string of the molecule is CC(=O)N=C1Oc2c(cc(Cl)c3ccccc23)C(c2ccc(Cl)cc2)C1C#N. The summed E-state index contributed by atoms with van der Waals surface area (Å²) < 4.78 is 6.01. The summed E-state index contributed by atoms with van der Waals surface area (Å²) in [5.74, 6) is -0.936. The lowest BCUT2D eigenvalue weighted by Crippen LogP contribution is -2.32. The van der Waals surface area contributed by atoms with Crippen molar-refractivity contribution in [1.82, 2.24) is 0 Å². The van der Waals surface area contributed by atoms with Crippen LogP contribution in [0.2, 0.25) is 10.0 Å². The fourth-order valence-corrected chi connectivity index (χ4v) is 3.99. The lowest BCUT2D eigenvalue weighted by molar-refractivity contribution is -0.115. The minimum Gasteiger partial charge on any atom is -0.440 e. The maximum absolute atomic E-state index is 11.7. The van der Waals surface area contributed by atoms with Crippen LogP contribution >= 0.6 is 23.2 Å². The van der Waals surface area contributed by atoms with Crippen molar-refractivity contribution in [2.45, 2.75) is 12.8 Å². The maximum atomic E-state index is 11.7. The Morgan fingerprint density at radius 3 is 2.43 bits per heavy atom. The summed E-state index contributed by atoms with van der Waals surface area (Å²) in [7, 11) is 0. The summed E-state index contributed by atoms with van der Waals surface area (Å²) in [5.41, 5.74) is 1.64. The molecule has 3 aromatic rings. The standard InChI is InChI=1S/C22H14Cl2N2O2/c1-12(27)26-22-18(11-25)20(13-6-8-14(23)9-7-13)17-10-19(24)15-4-2-3-5-16(15)21(17)28-22/h2-10,18,20H,1H3. The van der Waals surface area contributed by atoms with Gasteiger partial charge in [-0.1, -0.05) is 59.6 Å². The molecule has 0 aromatic heterocycles. The van der Waals surface area contributed by atoms with Crippen LogP contribution in [0.1, 0.15) is 24.0 Å². The highest BCUT2D eigenvalue weighted by molar-refractivity contribution is 6.36. The number of nitriles is 1. The fraction of sp³-hybridized carbons (Fsp3) is 0.136. The van der Waals surface area contributed by atoms with Gasteiger partial charge in [-0.2, -0.15) is 10.3 Å². The smallest absolute Gasteiger partial charge is 0.245 e. The molecule has 0 saturated carbocycles. The molecule has 1 aliphatic heterocycles. The zero-order chi connectivity index (χ0) is 19.8. The van der Waals surface area contributed by atoms with Crippen molar-refractivity contribution in [3.05, 3.63) is 75.8 Å². The molecule has 4 rings (SSSR count). The largest absolute Gasteiger partial charge is 0.440 e. The van der Waals surface area contributed by atoms with Gasteiger partial charge in [0.1, 0.15) is 11.7 Å². The molecule has 4 nitrogen and oxygen atoms in total. The number of halogens is 2. The Morgan fingerprint density at radius 2 is 1.79 bits per heavy atom. The number of amides is 1. The number of nitrogens with zero attached hydrogens (tertiary/aromatic N) is 2. The Hall–Kier alpha value is -2.87. The highest BCUT2D eigenvalue weighted by Crippen LogP contribution is 2.47. The van der Waals surface area contributed by atoms with Crippen LogP contribution in [0.3, 0.4) is 0 Å². The first-order valence-corrected chi connectivity index (χ1v) is 9.38. The average molecular weight is 409 g/mol. The van der Waals surface area contributed by atoms with E-state index < -0.39 is 17.7 Å². The lowest BCUT2D eigenvalue weighted by Gasteiger charge is -2.32. The summed E-state index contributed by atoms with van der Waals surface area (Å²) in [6.45, 7) is 1.33. The molecule has 1 heterocycles. The van der Waals surface area contributed by atoms with E-state index in [0.717, 1.165) is 21.9 Å². The molecule has 0 bridgehead atoms. The number of hydrogen-bond acceptors (Lipinski definition) is 3. The van der Waals surface area contributed by atoms with Crippen LogP contribution in [0.4, 0.5) is 0 Å². The molecule has 0 aliphatic carbocycles. The number of ether oxygens (including phenoxy) is 1. The van der Waals surface area contributed by atoms with Gasteiger partial charge in [-0.05, 0) is 23.8 Å². The Bertz CT molecular complexity index is 1160. The summed E-state index contributed by atoms with van der Waals surface area (Å²) in [4.78, 5) is 15.7. The molecular weight excluding hydrogens is 395 g/mol. The topological polar surface area (TPSA) is 62.4 Å². The van der Waals surface area contributed by atoms with Crippen LogP contribution < -0.4 is 4.74 Å². The Balaban J connectivity index is 2.05. The van der Waals surface area contributed by atoms with Crippen molar-refractivity contribution in [3.63, 3.8) is 0 Å². The third kappa shape index (κ3) is 3.13. The van der Waals surface area contributed by atoms with Crippen LogP contribution in [-0.4, -0.2) is 11.8 Å². The van der Waals surface area contributed by atoms with Crippen LogP contribution in [-0.2, 0) is 4.79 Å². The van der Waals surface area contributed by atoms with E-state index in [9.17, 15) is 10.1 Å². The number of carbonyl (C=O) groups is 1. The van der Waals surface area contributed by atoms with Crippen molar-refractivity contribution in [2.24, 2.45) is 10.9 Å². The van der Waals surface area contributed by atoms with Crippen molar-refractivity contribution in [3.8, 4) is 11.8 Å². The summed E-state index contributed by atoms with van der Waals surface area (Å²) in [6.07, 6.45) is 0. The highest BCUT2D eigenvalue weighted by atomic mass is 35.5. The summed E-state index contributed by atoms with van der Waals surface area (Å²) >= 11 is 12.6. The van der Waals surface area contributed by atoms with Gasteiger partial charge in [0, 0.05) is 39.2 Å². The zero-order valence-corrected chi connectivity index (χ0v) is 16.3. The van der Waals surface area contributed by atoms with E-state index in [0.29, 0.717) is 15.8 Å². The molecule has 28 heavy (non-hydrogen) atoms. The number of carbonyl (C=O) groups excluding carboxylic acids is 1. The number of fused-ring (bicyclic) bond motifs is 3. The maximum Gasteiger partial charge on any atom is 0.245 e. The molecule has 0 N–H and O–H groups in total. The van der Waals surface area contributed by atoms with Gasteiger partial charge in [-0.15, -0.1) is 0 Å². The van der Waals surface area contributed by atoms with E-state index in [1.165, 1.54) is 6.92 Å². The predicted octanol–water partition coefficient (Wildman–Crippen LogP) is 5.76. The van der Waals surface area contributed by atoms with Gasteiger partial charge in [0.25, 0.3) is 0 Å². The van der Waals surface area contributed by atoms with Crippen molar-refractivity contribution >= 4 is 45.8 Å². The van der Waals surface area contributed by atoms with E-state index >= 15 is 0 Å². The molecule has 1 aliphatic rings. The molecular formula is C22H14Cl2N2O2. The normalized spacial score (nSPS) is 19.7. The first kappa shape index (κ1) is 18.5. The molecule has 0 spiro atoms. The van der Waals surface area contributed by atoms with Crippen molar-refractivity contribution in [2.75, 3.05) is 0 Å². The van der Waals surface area contributed by atoms with Gasteiger partial charge in [-0.25, -0.2) is 0 Å². The lowest BCUT2D eigenvalue weighted by atomic mass is 9.78. The van der Waals surface area contributed by atoms with Gasteiger partial charge in [0.15, 0.2) is 0 Å². The van der Waals surface area contributed by atoms with E-state index in [4.69, 9.17) is 27.9 Å². The minimum absolute atomic E-state index is 0.0925. The summed E-state index contributed by atoms with van der Waals surface area (Å²) in [6, 6.07) is 18.9. The molecule has 3 aromatic carbocycles. The summed E-state index contributed by atoms with van der Waals surface area (Å²) in [5, 5.41) is 12.7. The Labute approximate surface area is 172 Å². The first-order chi connectivity index (χ1) is 13.5. The van der Waals surface area contributed by atoms with Crippen LogP contribution in [0.25, 0.3) is 10.8 Å². The zero-order valence-electron chi connectivity index (χ0n) is 14.8. The van der Waals surface area contributed by atoms with Crippen LogP contribution in [0.15, 0.2) is 59.6 Å². The van der Waals surface area contributed by atoms with Gasteiger partial charge < -0.3 is 4.74 Å². The highest BCUT2D eigenvalue weighted by Gasteiger charge is 2.39. The molecule has 0 fully saturated rings. The number of benzene rings is 3. The third-order valence-corrected chi connectivity index (χ3v) is 5.32. The number of hydrogen-bond donors (Lipinski definition) is 0. The Kier molecular flexibility index (Phi) is 4.80. The monoisotopic (exact) mass is 408 g/mol. The fourth-order valence-electron chi connectivity index (χ4n) is 3.58. The molecule has 2 atom stereocenters. The van der Waals surface area contributed by atoms with Gasteiger partial charge in [0.05, 0.1) is 6.07 Å². The first-order valence-electron chi connectivity index (χ1n) is 8.63. The Morgan fingerprint density at radius 1 is 1.11 bits per heavy atom. The number of aliphatic imine (C=N–C) groups is 1. The second-order valence-corrected chi connectivity index (χ2v) is 7.37. The van der Waals surface area contributed by atoms with E-state index in [2.05, 4.69) is 11.1 Å². The van der Waals surface area contributed by atoms with Crippen molar-refractivity contribution in [1.29, 1.82) is 5.26 Å². The van der Waals surface area contributed by atoms with E-state index in [1.54, 1.807) is 12.1 Å². The molecule has 2 unspecified atom stereocenters. The molecule has 6 heteroatoms. The van der Waals surface area contributed by atoms with Gasteiger partial charge >= 0.3 is 0 Å². The minimum atomic E-state index is -0.769. The van der Waals surface area contributed by atoms with Crippen LogP contribution in [0, 0.1) is 17.2 Å². The molecule has 0 saturated heterocycles. The molecule has 1 amide bonds. The second-order valence-electron chi connectivity index (χ2n) is 6.53. The quantitative estimate of drug-likeness (QED) is 0.514. The second kappa shape index (κ2) is 7.27.